The number of benzene rings is 1. The molecule has 0 aliphatic rings. The van der Waals surface area contributed by atoms with E-state index in [2.05, 4.69) is 6.92 Å². The van der Waals surface area contributed by atoms with Gasteiger partial charge in [-0.05, 0) is 18.6 Å². The lowest BCUT2D eigenvalue weighted by molar-refractivity contribution is 0.0976. The topological polar surface area (TPSA) is 35.5 Å². The van der Waals surface area contributed by atoms with Crippen LogP contribution in [-0.2, 0) is 0 Å². The van der Waals surface area contributed by atoms with Gasteiger partial charge in [-0.15, -0.1) is 0 Å². The molecular weight excluding hydrogens is 252 g/mol. The van der Waals surface area contributed by atoms with Crippen molar-refractivity contribution in [3.05, 3.63) is 22.7 Å². The number of unbranched alkanes of at least 4 members (excludes halogenated alkanes) is 2. The zero-order chi connectivity index (χ0) is 13.5. The standard InChI is InChI=1S/C14H19ClO3/c1-4-5-6-7-11(16)10-8-9-12(17-2)13(15)14(10)18-3/h8-9H,4-7H2,1-3H3. The average molecular weight is 271 g/mol. The molecule has 0 amide bonds. The van der Waals surface area contributed by atoms with Crippen molar-refractivity contribution in [3.63, 3.8) is 0 Å². The first-order valence-electron chi connectivity index (χ1n) is 6.09. The molecule has 0 bridgehead atoms. The molecule has 0 unspecified atom stereocenters. The first kappa shape index (κ1) is 14.8. The summed E-state index contributed by atoms with van der Waals surface area (Å²) in [5, 5.41) is 0.348. The number of carbonyl (C=O) groups excluding carboxylic acids is 1. The van der Waals surface area contributed by atoms with E-state index in [1.54, 1.807) is 12.1 Å². The monoisotopic (exact) mass is 270 g/mol. The number of ketones is 1. The summed E-state index contributed by atoms with van der Waals surface area (Å²) < 4.78 is 10.3. The van der Waals surface area contributed by atoms with Crippen molar-refractivity contribution < 1.29 is 14.3 Å². The summed E-state index contributed by atoms with van der Waals surface area (Å²) >= 11 is 6.12. The second-order valence-electron chi connectivity index (χ2n) is 4.04. The van der Waals surface area contributed by atoms with Gasteiger partial charge in [-0.3, -0.25) is 4.79 Å². The highest BCUT2D eigenvalue weighted by Gasteiger charge is 2.17. The smallest absolute Gasteiger partial charge is 0.166 e. The summed E-state index contributed by atoms with van der Waals surface area (Å²) in [7, 11) is 3.03. The van der Waals surface area contributed by atoms with E-state index < -0.39 is 0 Å². The Morgan fingerprint density at radius 1 is 1.22 bits per heavy atom. The summed E-state index contributed by atoms with van der Waals surface area (Å²) in [5.41, 5.74) is 0.527. The molecule has 0 aromatic heterocycles. The Balaban J connectivity index is 2.94. The van der Waals surface area contributed by atoms with Gasteiger partial charge < -0.3 is 9.47 Å². The van der Waals surface area contributed by atoms with Crippen LogP contribution in [0.1, 0.15) is 43.0 Å². The number of Topliss-reactive ketones (excluding diaryl/α,β-unsaturated/α-hetero) is 1. The van der Waals surface area contributed by atoms with E-state index in [9.17, 15) is 4.79 Å². The maximum absolute atomic E-state index is 12.1. The Labute approximate surface area is 113 Å². The molecule has 3 nitrogen and oxygen atoms in total. The highest BCUT2D eigenvalue weighted by atomic mass is 35.5. The maximum Gasteiger partial charge on any atom is 0.166 e. The molecule has 0 radical (unpaired) electrons. The third-order valence-corrected chi connectivity index (χ3v) is 3.15. The van der Waals surface area contributed by atoms with Crippen molar-refractivity contribution in [1.29, 1.82) is 0 Å². The fourth-order valence-corrected chi connectivity index (χ4v) is 2.10. The Hall–Kier alpha value is -1.22. The van der Waals surface area contributed by atoms with Crippen LogP contribution in [0.4, 0.5) is 0 Å². The van der Waals surface area contributed by atoms with E-state index in [1.165, 1.54) is 14.2 Å². The highest BCUT2D eigenvalue weighted by molar-refractivity contribution is 6.34. The van der Waals surface area contributed by atoms with Gasteiger partial charge >= 0.3 is 0 Å². The predicted molar refractivity (Wildman–Crippen MR) is 73.0 cm³/mol. The van der Waals surface area contributed by atoms with Gasteiger partial charge in [-0.1, -0.05) is 31.4 Å². The predicted octanol–water partition coefficient (Wildman–Crippen LogP) is 4.12. The van der Waals surface area contributed by atoms with Crippen LogP contribution in [0.2, 0.25) is 5.02 Å². The third-order valence-electron chi connectivity index (χ3n) is 2.79. The molecule has 1 aromatic carbocycles. The van der Waals surface area contributed by atoms with Gasteiger partial charge in [0.05, 0.1) is 19.8 Å². The number of halogens is 1. The highest BCUT2D eigenvalue weighted by Crippen LogP contribution is 2.37. The summed E-state index contributed by atoms with van der Waals surface area (Å²) in [4.78, 5) is 12.1. The van der Waals surface area contributed by atoms with E-state index in [-0.39, 0.29) is 5.78 Å². The number of ether oxygens (including phenoxy) is 2. The van der Waals surface area contributed by atoms with E-state index in [0.29, 0.717) is 28.5 Å². The molecule has 0 N–H and O–H groups in total. The molecule has 0 atom stereocenters. The van der Waals surface area contributed by atoms with Crippen LogP contribution < -0.4 is 9.47 Å². The summed E-state index contributed by atoms with van der Waals surface area (Å²) in [5.74, 6) is 0.973. The Morgan fingerprint density at radius 3 is 2.50 bits per heavy atom. The van der Waals surface area contributed by atoms with Crippen molar-refractivity contribution >= 4 is 17.4 Å². The van der Waals surface area contributed by atoms with Gasteiger partial charge in [0.15, 0.2) is 11.5 Å². The van der Waals surface area contributed by atoms with Crippen molar-refractivity contribution in [2.75, 3.05) is 14.2 Å². The van der Waals surface area contributed by atoms with Gasteiger partial charge in [-0.2, -0.15) is 0 Å². The summed E-state index contributed by atoms with van der Waals surface area (Å²) in [6, 6.07) is 3.40. The summed E-state index contributed by atoms with van der Waals surface area (Å²) in [6.45, 7) is 2.11. The SMILES string of the molecule is CCCCCC(=O)c1ccc(OC)c(Cl)c1OC. The molecule has 18 heavy (non-hydrogen) atoms. The van der Waals surface area contributed by atoms with E-state index >= 15 is 0 Å². The van der Waals surface area contributed by atoms with Gasteiger partial charge in [0.2, 0.25) is 0 Å². The molecule has 100 valence electrons. The minimum atomic E-state index is 0.0600. The number of methoxy groups -OCH3 is 2. The molecule has 0 aliphatic carbocycles. The molecule has 1 rings (SSSR count). The van der Waals surface area contributed by atoms with Crippen LogP contribution in [0.5, 0.6) is 11.5 Å². The van der Waals surface area contributed by atoms with Crippen LogP contribution in [-0.4, -0.2) is 20.0 Å². The zero-order valence-electron chi connectivity index (χ0n) is 11.1. The first-order valence-corrected chi connectivity index (χ1v) is 6.47. The molecule has 4 heteroatoms. The Kier molecular flexibility index (Phi) is 5.99. The number of hydrogen-bond donors (Lipinski definition) is 0. The Morgan fingerprint density at radius 2 is 1.94 bits per heavy atom. The molecule has 0 saturated carbocycles. The van der Waals surface area contributed by atoms with Crippen LogP contribution >= 0.6 is 11.6 Å². The molecule has 0 saturated heterocycles. The Bertz CT molecular complexity index is 416. The molecule has 0 heterocycles. The second kappa shape index (κ2) is 7.27. The normalized spacial score (nSPS) is 10.2. The van der Waals surface area contributed by atoms with Crippen LogP contribution in [0, 0.1) is 0 Å². The molecule has 1 aromatic rings. The van der Waals surface area contributed by atoms with Crippen LogP contribution in [0.25, 0.3) is 0 Å². The third kappa shape index (κ3) is 3.39. The maximum atomic E-state index is 12.1. The van der Waals surface area contributed by atoms with Crippen molar-refractivity contribution in [2.24, 2.45) is 0 Å². The summed E-state index contributed by atoms with van der Waals surface area (Å²) in [6.07, 6.45) is 3.56. The van der Waals surface area contributed by atoms with E-state index in [1.807, 2.05) is 0 Å². The fourth-order valence-electron chi connectivity index (χ4n) is 1.79. The van der Waals surface area contributed by atoms with Gasteiger partial charge in [0, 0.05) is 6.42 Å². The molecule has 0 aliphatic heterocycles. The quantitative estimate of drug-likeness (QED) is 0.552. The second-order valence-corrected chi connectivity index (χ2v) is 4.42. The van der Waals surface area contributed by atoms with Crippen molar-refractivity contribution in [1.82, 2.24) is 0 Å². The van der Waals surface area contributed by atoms with Crippen LogP contribution in [0.3, 0.4) is 0 Å². The largest absolute Gasteiger partial charge is 0.495 e. The number of carbonyl (C=O) groups is 1. The van der Waals surface area contributed by atoms with Gasteiger partial charge in [-0.25, -0.2) is 0 Å². The molecule has 0 fully saturated rings. The fraction of sp³-hybridized carbons (Fsp3) is 0.500. The van der Waals surface area contributed by atoms with Crippen molar-refractivity contribution in [2.45, 2.75) is 32.6 Å². The van der Waals surface area contributed by atoms with E-state index in [4.69, 9.17) is 21.1 Å². The lowest BCUT2D eigenvalue weighted by atomic mass is 10.0. The number of rotatable bonds is 7. The van der Waals surface area contributed by atoms with Gasteiger partial charge in [0.25, 0.3) is 0 Å². The number of hydrogen-bond acceptors (Lipinski definition) is 3. The first-order chi connectivity index (χ1) is 8.65. The molecular formula is C14H19ClO3. The lowest BCUT2D eigenvalue weighted by Crippen LogP contribution is -2.03. The van der Waals surface area contributed by atoms with E-state index in [0.717, 1.165) is 19.3 Å². The van der Waals surface area contributed by atoms with Crippen LogP contribution in [0.15, 0.2) is 12.1 Å². The minimum Gasteiger partial charge on any atom is -0.495 e. The van der Waals surface area contributed by atoms with Crippen molar-refractivity contribution in [3.8, 4) is 11.5 Å². The van der Waals surface area contributed by atoms with Gasteiger partial charge in [0.1, 0.15) is 10.8 Å². The lowest BCUT2D eigenvalue weighted by Gasteiger charge is -2.12. The zero-order valence-corrected chi connectivity index (χ0v) is 11.8. The minimum absolute atomic E-state index is 0.0600. The average Bonchev–Trinajstić information content (AvgIpc) is 2.38. The molecule has 0 spiro atoms.